The number of nitrogens with one attached hydrogen (secondary N) is 1. The molecule has 20 heavy (non-hydrogen) atoms. The van der Waals surface area contributed by atoms with Crippen LogP contribution in [-0.2, 0) is 11.3 Å². The number of carboxylic acids is 1. The summed E-state index contributed by atoms with van der Waals surface area (Å²) in [5.41, 5.74) is 0. The average molecular weight is 280 g/mol. The molecular weight excluding hydrogens is 260 g/mol. The van der Waals surface area contributed by atoms with E-state index in [1.165, 1.54) is 0 Å². The molecule has 0 radical (unpaired) electrons. The fraction of sp³-hybridized carbons (Fsp3) is 0.615. The van der Waals surface area contributed by atoms with E-state index in [9.17, 15) is 9.59 Å². The quantitative estimate of drug-likeness (QED) is 0.828. The number of amides is 2. The van der Waals surface area contributed by atoms with E-state index in [0.717, 1.165) is 0 Å². The molecule has 0 aliphatic carbocycles. The molecule has 1 aromatic rings. The van der Waals surface area contributed by atoms with Gasteiger partial charge in [0.25, 0.3) is 0 Å². The van der Waals surface area contributed by atoms with Gasteiger partial charge in [-0.1, -0.05) is 6.92 Å². The molecule has 0 spiro atoms. The first kappa shape index (κ1) is 14.4. The number of likely N-dealkylation sites (tertiary alicyclic amines) is 1. The zero-order valence-electron chi connectivity index (χ0n) is 11.7. The number of carbonyl (C=O) groups is 2. The molecule has 0 bridgehead atoms. The van der Waals surface area contributed by atoms with E-state index in [0.29, 0.717) is 19.6 Å². The van der Waals surface area contributed by atoms with Gasteiger partial charge >= 0.3 is 12.0 Å². The molecule has 110 valence electrons. The second-order valence-corrected chi connectivity index (χ2v) is 5.37. The summed E-state index contributed by atoms with van der Waals surface area (Å²) in [6, 6.07) is 1.67. The Morgan fingerprint density at radius 3 is 2.70 bits per heavy atom. The summed E-state index contributed by atoms with van der Waals surface area (Å²) in [6.45, 7) is 5.22. The third-order valence-corrected chi connectivity index (χ3v) is 3.68. The molecule has 7 heteroatoms. The first-order chi connectivity index (χ1) is 9.47. The van der Waals surface area contributed by atoms with Crippen LogP contribution in [0.2, 0.25) is 0 Å². The fourth-order valence-electron chi connectivity index (χ4n) is 2.23. The molecule has 1 aliphatic heterocycles. The first-order valence-electron chi connectivity index (χ1n) is 6.73. The van der Waals surface area contributed by atoms with Crippen LogP contribution in [0.25, 0.3) is 0 Å². The Morgan fingerprint density at radius 1 is 1.45 bits per heavy atom. The van der Waals surface area contributed by atoms with Gasteiger partial charge in [-0.15, -0.1) is 0 Å². The summed E-state index contributed by atoms with van der Waals surface area (Å²) in [4.78, 5) is 24.4. The fourth-order valence-corrected chi connectivity index (χ4v) is 2.23. The lowest BCUT2D eigenvalue weighted by molar-refractivity contribution is -0.144. The van der Waals surface area contributed by atoms with Gasteiger partial charge in [0.1, 0.15) is 0 Å². The molecule has 7 nitrogen and oxygen atoms in total. The van der Waals surface area contributed by atoms with Crippen LogP contribution in [0.5, 0.6) is 0 Å². The Hall–Kier alpha value is -2.05. The number of aliphatic carboxylic acids is 1. The predicted octanol–water partition coefficient (Wildman–Crippen LogP) is 0.634. The molecule has 1 fully saturated rings. The number of carboxylic acid groups (broad SMARTS) is 1. The molecule has 2 amide bonds. The highest BCUT2D eigenvalue weighted by Crippen LogP contribution is 2.23. The van der Waals surface area contributed by atoms with Crippen LogP contribution in [0.3, 0.4) is 0 Å². The number of hydrogen-bond acceptors (Lipinski definition) is 3. The van der Waals surface area contributed by atoms with Crippen LogP contribution in [-0.4, -0.2) is 50.9 Å². The van der Waals surface area contributed by atoms with E-state index in [-0.39, 0.29) is 18.0 Å². The van der Waals surface area contributed by atoms with Gasteiger partial charge in [-0.25, -0.2) is 4.79 Å². The zero-order chi connectivity index (χ0) is 14.7. The van der Waals surface area contributed by atoms with Crippen LogP contribution < -0.4 is 5.32 Å². The molecule has 2 heterocycles. The van der Waals surface area contributed by atoms with Gasteiger partial charge in [0.2, 0.25) is 0 Å². The summed E-state index contributed by atoms with van der Waals surface area (Å²) in [7, 11) is 0. The lowest BCUT2D eigenvalue weighted by atomic mass is 9.87. The van der Waals surface area contributed by atoms with Crippen LogP contribution in [0, 0.1) is 11.8 Å². The van der Waals surface area contributed by atoms with Crippen molar-refractivity contribution in [2.75, 3.05) is 13.1 Å². The van der Waals surface area contributed by atoms with Gasteiger partial charge in [0, 0.05) is 37.4 Å². The van der Waals surface area contributed by atoms with E-state index < -0.39 is 11.9 Å². The van der Waals surface area contributed by atoms with Gasteiger partial charge in [-0.3, -0.25) is 9.48 Å². The highest BCUT2D eigenvalue weighted by Gasteiger charge is 2.37. The molecule has 2 unspecified atom stereocenters. The van der Waals surface area contributed by atoms with Crippen molar-refractivity contribution >= 4 is 12.0 Å². The van der Waals surface area contributed by atoms with Crippen molar-refractivity contribution in [3.63, 3.8) is 0 Å². The van der Waals surface area contributed by atoms with E-state index in [2.05, 4.69) is 10.4 Å². The zero-order valence-corrected chi connectivity index (χ0v) is 11.7. The summed E-state index contributed by atoms with van der Waals surface area (Å²) in [5.74, 6) is -1.15. The van der Waals surface area contributed by atoms with Gasteiger partial charge in [-0.2, -0.15) is 5.10 Å². The Labute approximate surface area is 117 Å². The summed E-state index contributed by atoms with van der Waals surface area (Å²) >= 11 is 0. The third kappa shape index (κ3) is 3.28. The van der Waals surface area contributed by atoms with Gasteiger partial charge in [-0.05, 0) is 13.0 Å². The van der Waals surface area contributed by atoms with Gasteiger partial charge in [0.05, 0.1) is 12.5 Å². The van der Waals surface area contributed by atoms with E-state index >= 15 is 0 Å². The van der Waals surface area contributed by atoms with Crippen molar-refractivity contribution in [2.45, 2.75) is 26.4 Å². The molecule has 2 N–H and O–H groups in total. The standard InChI is InChI=1S/C13H20N4O3/c1-9(6-17-5-3-4-14-17)15-13(20)16-7-11(8-16)10(2)12(18)19/h3-5,9-11H,6-8H2,1-2H3,(H,15,20)(H,18,19). The third-order valence-electron chi connectivity index (χ3n) is 3.68. The van der Waals surface area contributed by atoms with Crippen molar-refractivity contribution in [1.29, 1.82) is 0 Å². The highest BCUT2D eigenvalue weighted by atomic mass is 16.4. The molecule has 0 aromatic carbocycles. The molecular formula is C13H20N4O3. The van der Waals surface area contributed by atoms with Crippen LogP contribution in [0.15, 0.2) is 18.5 Å². The van der Waals surface area contributed by atoms with E-state index in [4.69, 9.17) is 5.11 Å². The number of nitrogens with zero attached hydrogens (tertiary/aromatic N) is 3. The lowest BCUT2D eigenvalue weighted by Crippen LogP contribution is -2.57. The Balaban J connectivity index is 1.73. The van der Waals surface area contributed by atoms with Gasteiger partial charge in [0.15, 0.2) is 0 Å². The Kier molecular flexibility index (Phi) is 4.26. The van der Waals surface area contributed by atoms with Crippen LogP contribution in [0.1, 0.15) is 13.8 Å². The maximum atomic E-state index is 11.9. The minimum atomic E-state index is -0.804. The second kappa shape index (κ2) is 5.94. The molecule has 1 saturated heterocycles. The largest absolute Gasteiger partial charge is 0.481 e. The highest BCUT2D eigenvalue weighted by molar-refractivity contribution is 5.76. The molecule has 0 saturated carbocycles. The molecule has 2 atom stereocenters. The van der Waals surface area contributed by atoms with Crippen molar-refractivity contribution in [1.82, 2.24) is 20.0 Å². The monoisotopic (exact) mass is 280 g/mol. The predicted molar refractivity (Wildman–Crippen MR) is 72.1 cm³/mol. The van der Waals surface area contributed by atoms with Crippen molar-refractivity contribution in [2.24, 2.45) is 11.8 Å². The number of hydrogen-bond donors (Lipinski definition) is 2. The Morgan fingerprint density at radius 2 is 2.15 bits per heavy atom. The SMILES string of the molecule is CC(Cn1cccn1)NC(=O)N1CC(C(C)C(=O)O)C1. The van der Waals surface area contributed by atoms with Crippen LogP contribution in [0.4, 0.5) is 4.79 Å². The van der Waals surface area contributed by atoms with Crippen molar-refractivity contribution in [3.05, 3.63) is 18.5 Å². The minimum absolute atomic E-state index is 0.0293. The number of rotatable bonds is 5. The average Bonchev–Trinajstić information content (AvgIpc) is 2.78. The number of aromatic nitrogens is 2. The van der Waals surface area contributed by atoms with E-state index in [1.807, 2.05) is 19.2 Å². The maximum absolute atomic E-state index is 11.9. The molecule has 2 rings (SSSR count). The smallest absolute Gasteiger partial charge is 0.317 e. The van der Waals surface area contributed by atoms with Crippen LogP contribution >= 0.6 is 0 Å². The summed E-state index contributed by atoms with van der Waals surface area (Å²) in [5, 5.41) is 15.9. The molecule has 1 aliphatic rings. The Bertz CT molecular complexity index is 468. The van der Waals surface area contributed by atoms with Gasteiger partial charge < -0.3 is 15.3 Å². The van der Waals surface area contributed by atoms with E-state index in [1.54, 1.807) is 22.7 Å². The first-order valence-corrected chi connectivity index (χ1v) is 6.73. The normalized spacial score (nSPS) is 18.2. The topological polar surface area (TPSA) is 87.5 Å². The summed E-state index contributed by atoms with van der Waals surface area (Å²) in [6.07, 6.45) is 3.54. The second-order valence-electron chi connectivity index (χ2n) is 5.37. The summed E-state index contributed by atoms with van der Waals surface area (Å²) < 4.78 is 1.76. The molecule has 1 aromatic heterocycles. The number of urea groups is 1. The maximum Gasteiger partial charge on any atom is 0.317 e. The van der Waals surface area contributed by atoms with Crippen molar-refractivity contribution in [3.8, 4) is 0 Å². The minimum Gasteiger partial charge on any atom is -0.481 e. The van der Waals surface area contributed by atoms with Crippen molar-refractivity contribution < 1.29 is 14.7 Å². The lowest BCUT2D eigenvalue weighted by Gasteiger charge is -2.41. The number of carbonyl (C=O) groups excluding carboxylic acids is 1.